The molecule has 0 unspecified atom stereocenters. The van der Waals surface area contributed by atoms with E-state index in [1.165, 1.54) is 12.1 Å². The van der Waals surface area contributed by atoms with Crippen LogP contribution in [0.25, 0.3) is 22.6 Å². The second-order valence-electron chi connectivity index (χ2n) is 7.84. The molecular formula is C25H22FN5. The minimum Gasteiger partial charge on any atom is -0.309 e. The molecule has 5 nitrogen and oxygen atoms in total. The molecule has 0 spiro atoms. The van der Waals surface area contributed by atoms with Crippen LogP contribution in [0, 0.1) is 26.6 Å². The Morgan fingerprint density at radius 3 is 2.42 bits per heavy atom. The molecule has 0 N–H and O–H groups in total. The molecule has 4 heterocycles. The van der Waals surface area contributed by atoms with Crippen molar-refractivity contribution in [3.05, 3.63) is 101 Å². The van der Waals surface area contributed by atoms with Crippen LogP contribution in [-0.4, -0.2) is 24.1 Å². The first-order valence-corrected chi connectivity index (χ1v) is 10.2. The van der Waals surface area contributed by atoms with Crippen LogP contribution in [0.2, 0.25) is 0 Å². The van der Waals surface area contributed by atoms with E-state index in [1.54, 1.807) is 0 Å². The zero-order valence-corrected chi connectivity index (χ0v) is 17.7. The van der Waals surface area contributed by atoms with E-state index in [0.717, 1.165) is 50.8 Å². The highest BCUT2D eigenvalue weighted by Gasteiger charge is 2.18. The summed E-state index contributed by atoms with van der Waals surface area (Å²) in [7, 11) is 0. The van der Waals surface area contributed by atoms with Crippen LogP contribution >= 0.6 is 0 Å². The lowest BCUT2D eigenvalue weighted by Crippen LogP contribution is -2.03. The Kier molecular flexibility index (Phi) is 4.62. The van der Waals surface area contributed by atoms with Gasteiger partial charge in [-0.2, -0.15) is 5.10 Å². The second-order valence-corrected chi connectivity index (χ2v) is 7.84. The molecule has 4 aromatic heterocycles. The van der Waals surface area contributed by atoms with E-state index in [-0.39, 0.29) is 5.82 Å². The van der Waals surface area contributed by atoms with E-state index in [9.17, 15) is 4.39 Å². The lowest BCUT2D eigenvalue weighted by molar-refractivity contribution is 0.627. The molecule has 5 rings (SSSR count). The Hall–Kier alpha value is -3.80. The van der Waals surface area contributed by atoms with Gasteiger partial charge in [0.05, 0.1) is 17.0 Å². The molecule has 0 radical (unpaired) electrons. The molecule has 5 aromatic rings. The van der Waals surface area contributed by atoms with Crippen LogP contribution in [0.5, 0.6) is 0 Å². The van der Waals surface area contributed by atoms with Crippen LogP contribution in [0.3, 0.4) is 0 Å². The van der Waals surface area contributed by atoms with Crippen LogP contribution in [0.4, 0.5) is 4.39 Å². The number of pyridine rings is 1. The molecule has 0 atom stereocenters. The van der Waals surface area contributed by atoms with Crippen LogP contribution < -0.4 is 0 Å². The first-order chi connectivity index (χ1) is 15.0. The molecular weight excluding hydrogens is 389 g/mol. The molecule has 0 bridgehead atoms. The minimum atomic E-state index is -0.233. The molecule has 6 heteroatoms. The summed E-state index contributed by atoms with van der Waals surface area (Å²) < 4.78 is 17.2. The van der Waals surface area contributed by atoms with Gasteiger partial charge in [0.15, 0.2) is 5.65 Å². The van der Waals surface area contributed by atoms with E-state index in [0.29, 0.717) is 6.42 Å². The predicted octanol–water partition coefficient (Wildman–Crippen LogP) is 5.24. The van der Waals surface area contributed by atoms with Gasteiger partial charge in [-0.1, -0.05) is 12.1 Å². The number of halogens is 1. The molecule has 31 heavy (non-hydrogen) atoms. The van der Waals surface area contributed by atoms with Crippen molar-refractivity contribution in [3.8, 4) is 16.9 Å². The highest BCUT2D eigenvalue weighted by Crippen LogP contribution is 2.31. The molecule has 1 aromatic carbocycles. The van der Waals surface area contributed by atoms with E-state index >= 15 is 0 Å². The molecule has 0 aliphatic rings. The molecule has 0 saturated carbocycles. The van der Waals surface area contributed by atoms with E-state index in [2.05, 4.69) is 18.0 Å². The number of hydrogen-bond donors (Lipinski definition) is 0. The van der Waals surface area contributed by atoms with Gasteiger partial charge in [0.25, 0.3) is 0 Å². The smallest absolute Gasteiger partial charge is 0.163 e. The highest BCUT2D eigenvalue weighted by atomic mass is 19.1. The number of benzene rings is 1. The maximum Gasteiger partial charge on any atom is 0.163 e. The number of rotatable bonds is 4. The Bertz CT molecular complexity index is 1380. The van der Waals surface area contributed by atoms with Crippen molar-refractivity contribution >= 4 is 5.65 Å². The summed E-state index contributed by atoms with van der Waals surface area (Å²) in [6.07, 6.45) is 6.51. The second kappa shape index (κ2) is 7.47. The van der Waals surface area contributed by atoms with Crippen molar-refractivity contribution < 1.29 is 4.39 Å². The Balaban J connectivity index is 1.62. The van der Waals surface area contributed by atoms with Gasteiger partial charge in [0.1, 0.15) is 11.6 Å². The molecule has 0 fully saturated rings. The van der Waals surface area contributed by atoms with Gasteiger partial charge in [0, 0.05) is 36.3 Å². The number of aromatic nitrogens is 5. The van der Waals surface area contributed by atoms with Crippen molar-refractivity contribution in [2.45, 2.75) is 27.2 Å². The first-order valence-electron chi connectivity index (χ1n) is 10.2. The van der Waals surface area contributed by atoms with E-state index < -0.39 is 0 Å². The van der Waals surface area contributed by atoms with Crippen molar-refractivity contribution in [2.75, 3.05) is 0 Å². The van der Waals surface area contributed by atoms with Gasteiger partial charge in [-0.05, 0) is 68.3 Å². The number of hydrogen-bond acceptors (Lipinski definition) is 3. The quantitative estimate of drug-likeness (QED) is 0.406. The summed E-state index contributed by atoms with van der Waals surface area (Å²) in [6, 6.07) is 14.7. The lowest BCUT2D eigenvalue weighted by atomic mass is 10.0. The SMILES string of the molecule is Cc1cc(Cc2ccc(F)cc2)n2nc(C)c(-c3cnc(-n4cccc4)cc3C)c2n1. The third-order valence-corrected chi connectivity index (χ3v) is 5.50. The average Bonchev–Trinajstić information content (AvgIpc) is 3.38. The standard InChI is InChI=1S/C25H22FN5/c1-16-12-23(30-10-4-5-11-30)27-15-22(16)24-18(3)29-31-21(13-17(2)28-25(24)31)14-19-6-8-20(26)9-7-19/h4-13,15H,14H2,1-3H3. The zero-order chi connectivity index (χ0) is 21.5. The summed E-state index contributed by atoms with van der Waals surface area (Å²) in [5.41, 5.74) is 7.79. The van der Waals surface area contributed by atoms with Crippen molar-refractivity contribution in [3.63, 3.8) is 0 Å². The maximum atomic E-state index is 13.3. The van der Waals surface area contributed by atoms with Crippen LogP contribution in [0.15, 0.2) is 67.1 Å². The molecule has 0 saturated heterocycles. The van der Waals surface area contributed by atoms with Gasteiger partial charge in [-0.15, -0.1) is 0 Å². The molecule has 0 amide bonds. The Morgan fingerprint density at radius 1 is 0.968 bits per heavy atom. The normalized spacial score (nSPS) is 11.4. The van der Waals surface area contributed by atoms with Crippen molar-refractivity contribution in [1.82, 2.24) is 24.1 Å². The first kappa shape index (κ1) is 19.2. The van der Waals surface area contributed by atoms with Gasteiger partial charge < -0.3 is 4.57 Å². The van der Waals surface area contributed by atoms with E-state index in [1.807, 2.05) is 71.9 Å². The Labute approximate surface area is 179 Å². The minimum absolute atomic E-state index is 0.233. The van der Waals surface area contributed by atoms with Gasteiger partial charge >= 0.3 is 0 Å². The summed E-state index contributed by atoms with van der Waals surface area (Å²) >= 11 is 0. The fraction of sp³-hybridized carbons (Fsp3) is 0.160. The number of nitrogens with zero attached hydrogens (tertiary/aromatic N) is 5. The third kappa shape index (κ3) is 3.50. The van der Waals surface area contributed by atoms with Gasteiger partial charge in [-0.3, -0.25) is 0 Å². The van der Waals surface area contributed by atoms with Crippen LogP contribution in [0.1, 0.15) is 28.2 Å². The summed E-state index contributed by atoms with van der Waals surface area (Å²) in [4.78, 5) is 9.48. The Morgan fingerprint density at radius 2 is 1.71 bits per heavy atom. The van der Waals surface area contributed by atoms with Crippen LogP contribution in [-0.2, 0) is 6.42 Å². The summed E-state index contributed by atoms with van der Waals surface area (Å²) in [5.74, 6) is 0.643. The average molecular weight is 411 g/mol. The third-order valence-electron chi connectivity index (χ3n) is 5.50. The molecule has 0 aliphatic carbocycles. The maximum absolute atomic E-state index is 13.3. The topological polar surface area (TPSA) is 48.0 Å². The zero-order valence-electron chi connectivity index (χ0n) is 17.7. The van der Waals surface area contributed by atoms with Gasteiger partial charge in [-0.25, -0.2) is 18.9 Å². The van der Waals surface area contributed by atoms with Crippen molar-refractivity contribution in [2.24, 2.45) is 0 Å². The fourth-order valence-corrected chi connectivity index (χ4v) is 4.00. The number of fused-ring (bicyclic) bond motifs is 1. The molecule has 154 valence electrons. The monoisotopic (exact) mass is 411 g/mol. The van der Waals surface area contributed by atoms with E-state index in [4.69, 9.17) is 10.1 Å². The predicted molar refractivity (Wildman–Crippen MR) is 119 cm³/mol. The van der Waals surface area contributed by atoms with Gasteiger partial charge in [0.2, 0.25) is 0 Å². The summed E-state index contributed by atoms with van der Waals surface area (Å²) in [6.45, 7) is 6.07. The van der Waals surface area contributed by atoms with Crippen molar-refractivity contribution in [1.29, 1.82) is 0 Å². The molecule has 0 aliphatic heterocycles. The highest BCUT2D eigenvalue weighted by molar-refractivity contribution is 5.81. The lowest BCUT2D eigenvalue weighted by Gasteiger charge is -2.10. The largest absolute Gasteiger partial charge is 0.309 e. The summed E-state index contributed by atoms with van der Waals surface area (Å²) in [5, 5.41) is 4.80. The number of aryl methyl sites for hydroxylation is 3. The fourth-order valence-electron chi connectivity index (χ4n) is 4.00.